The number of benzene rings is 1. The fraction of sp³-hybridized carbons (Fsp3) is 0.455. The lowest BCUT2D eigenvalue weighted by atomic mass is 10.1. The fourth-order valence-electron chi connectivity index (χ4n) is 1.63. The highest BCUT2D eigenvalue weighted by atomic mass is 32.2. The molecule has 5 heteroatoms. The third-order valence-electron chi connectivity index (χ3n) is 2.35. The summed E-state index contributed by atoms with van der Waals surface area (Å²) < 4.78 is 31.3. The summed E-state index contributed by atoms with van der Waals surface area (Å²) in [6.45, 7) is 2.91. The van der Waals surface area contributed by atoms with Crippen molar-refractivity contribution < 1.29 is 13.2 Å². The molecule has 0 aromatic heterocycles. The highest BCUT2D eigenvalue weighted by molar-refractivity contribution is 7.78. The Morgan fingerprint density at radius 1 is 1.56 bits per heavy atom. The first kappa shape index (κ1) is 13.1. The largest absolute Gasteiger partial charge is 0.773 e. The van der Waals surface area contributed by atoms with Crippen LogP contribution in [0, 0.1) is 5.82 Å². The molecule has 0 saturated heterocycles. The van der Waals surface area contributed by atoms with Gasteiger partial charge in [-0.05, 0) is 36.8 Å². The van der Waals surface area contributed by atoms with E-state index in [0.29, 0.717) is 0 Å². The van der Waals surface area contributed by atoms with Crippen molar-refractivity contribution in [1.29, 1.82) is 0 Å². The van der Waals surface area contributed by atoms with E-state index in [0.717, 1.165) is 42.5 Å². The topological polar surface area (TPSA) is 52.2 Å². The number of nitrogens with one attached hydrogen (secondary N) is 1. The molecule has 90 valence electrons. The molecule has 0 fully saturated rings. The molecule has 1 aliphatic heterocycles. The van der Waals surface area contributed by atoms with Crippen LogP contribution in [0.25, 0.3) is 0 Å². The first-order chi connectivity index (χ1) is 7.54. The predicted octanol–water partition coefficient (Wildman–Crippen LogP) is 1.85. The molecule has 0 spiro atoms. The average molecular weight is 244 g/mol. The second-order valence-corrected chi connectivity index (χ2v) is 4.34. The predicted molar refractivity (Wildman–Crippen MR) is 62.8 cm³/mol. The zero-order valence-electron chi connectivity index (χ0n) is 9.38. The second-order valence-electron chi connectivity index (χ2n) is 3.54. The summed E-state index contributed by atoms with van der Waals surface area (Å²) in [5.41, 5.74) is 2.92. The monoisotopic (exact) mass is 244 g/mol. The maximum Gasteiger partial charge on any atom is 0.128 e. The van der Waals surface area contributed by atoms with Crippen LogP contribution in [0.1, 0.15) is 18.1 Å². The smallest absolute Gasteiger partial charge is 0.128 e. The molecular weight excluding hydrogens is 229 g/mol. The van der Waals surface area contributed by atoms with E-state index in [9.17, 15) is 4.39 Å². The van der Waals surface area contributed by atoms with Gasteiger partial charge in [-0.1, -0.05) is 18.0 Å². The van der Waals surface area contributed by atoms with Crippen LogP contribution < -0.4 is 5.32 Å². The lowest BCUT2D eigenvalue weighted by Gasteiger charge is -2.03. The Labute approximate surface area is 97.3 Å². The summed E-state index contributed by atoms with van der Waals surface area (Å²) in [6.07, 6.45) is 2.80. The molecule has 0 radical (unpaired) electrons. The molecule has 1 atom stereocenters. The molecule has 3 nitrogen and oxygen atoms in total. The molecule has 1 unspecified atom stereocenters. The lowest BCUT2D eigenvalue weighted by Crippen LogP contribution is -1.91. The van der Waals surface area contributed by atoms with Gasteiger partial charge in [0.05, 0.1) is 0 Å². The molecule has 1 aliphatic rings. The van der Waals surface area contributed by atoms with E-state index in [1.807, 2.05) is 13.0 Å². The van der Waals surface area contributed by atoms with Crippen LogP contribution in [-0.2, 0) is 23.9 Å². The first-order valence-electron chi connectivity index (χ1n) is 5.10. The minimum absolute atomic E-state index is 0.0469. The van der Waals surface area contributed by atoms with Gasteiger partial charge in [-0.15, -0.1) is 0 Å². The van der Waals surface area contributed by atoms with E-state index < -0.39 is 11.1 Å². The summed E-state index contributed by atoms with van der Waals surface area (Å²) in [4.78, 5) is 0. The Balaban J connectivity index is 0.000000280. The number of aryl methyl sites for hydroxylation is 1. The summed E-state index contributed by atoms with van der Waals surface area (Å²) in [7, 11) is 0. The van der Waals surface area contributed by atoms with Crippen molar-refractivity contribution in [2.75, 3.05) is 18.1 Å². The van der Waals surface area contributed by atoms with Gasteiger partial charge in [0.15, 0.2) is 0 Å². The lowest BCUT2D eigenvalue weighted by molar-refractivity contribution is 0.543. The molecule has 0 amide bonds. The van der Waals surface area contributed by atoms with E-state index in [-0.39, 0.29) is 5.82 Å². The standard InChI is InChI=1S/C10H12FN.CH4O2S/c1-2-7-5-9(11)8-3-4-12-10(8)6-7;1-4(2)3/h5-6,12H,2-4H2,1H3;1H3,(H,2,3)/p-1. The van der Waals surface area contributed by atoms with Gasteiger partial charge in [-0.25, -0.2) is 4.39 Å². The van der Waals surface area contributed by atoms with Gasteiger partial charge in [0.1, 0.15) is 5.82 Å². The van der Waals surface area contributed by atoms with Crippen molar-refractivity contribution in [2.24, 2.45) is 0 Å². The van der Waals surface area contributed by atoms with E-state index in [4.69, 9.17) is 8.76 Å². The van der Waals surface area contributed by atoms with E-state index >= 15 is 0 Å². The Bertz CT molecular complexity index is 392. The molecule has 0 aliphatic carbocycles. The molecular formula is C11H15FNO2S-. The summed E-state index contributed by atoms with van der Waals surface area (Å²) >= 11 is -1.86. The van der Waals surface area contributed by atoms with Crippen LogP contribution in [0.15, 0.2) is 12.1 Å². The Kier molecular flexibility index (Phi) is 4.89. The van der Waals surface area contributed by atoms with Crippen LogP contribution in [0.4, 0.5) is 10.1 Å². The van der Waals surface area contributed by atoms with Crippen molar-refractivity contribution in [3.63, 3.8) is 0 Å². The highest BCUT2D eigenvalue weighted by Gasteiger charge is 2.14. The van der Waals surface area contributed by atoms with E-state index in [1.165, 1.54) is 0 Å². The van der Waals surface area contributed by atoms with Gasteiger partial charge in [0.25, 0.3) is 0 Å². The highest BCUT2D eigenvalue weighted by Crippen LogP contribution is 2.26. The van der Waals surface area contributed by atoms with E-state index in [2.05, 4.69) is 5.32 Å². The molecule has 1 N–H and O–H groups in total. The molecule has 16 heavy (non-hydrogen) atoms. The molecule has 1 heterocycles. The fourth-order valence-corrected chi connectivity index (χ4v) is 1.63. The van der Waals surface area contributed by atoms with Crippen molar-refractivity contribution >= 4 is 16.8 Å². The molecule has 1 aromatic carbocycles. The molecule has 0 saturated carbocycles. The first-order valence-corrected chi connectivity index (χ1v) is 6.59. The summed E-state index contributed by atoms with van der Waals surface area (Å²) in [5, 5.41) is 3.18. The minimum Gasteiger partial charge on any atom is -0.773 e. The van der Waals surface area contributed by atoms with Crippen molar-refractivity contribution in [2.45, 2.75) is 19.8 Å². The van der Waals surface area contributed by atoms with Gasteiger partial charge in [0.2, 0.25) is 0 Å². The Morgan fingerprint density at radius 2 is 2.19 bits per heavy atom. The Hall–Kier alpha value is -0.940. The van der Waals surface area contributed by atoms with Gasteiger partial charge in [0, 0.05) is 17.8 Å². The summed E-state index contributed by atoms with van der Waals surface area (Å²) in [6, 6.07) is 3.69. The van der Waals surface area contributed by atoms with Gasteiger partial charge in [-0.2, -0.15) is 0 Å². The zero-order valence-corrected chi connectivity index (χ0v) is 10.2. The van der Waals surface area contributed by atoms with E-state index in [1.54, 1.807) is 6.07 Å². The number of rotatable bonds is 1. The van der Waals surface area contributed by atoms with Crippen molar-refractivity contribution in [3.05, 3.63) is 29.1 Å². The number of hydrogen-bond acceptors (Lipinski definition) is 3. The third kappa shape index (κ3) is 3.57. The number of anilines is 1. The molecule has 0 bridgehead atoms. The SMILES string of the molecule is CCc1cc(F)c2c(c1)NCC2.CS(=O)[O-]. The minimum atomic E-state index is -1.86. The van der Waals surface area contributed by atoms with Crippen LogP contribution in [0.3, 0.4) is 0 Å². The number of halogens is 1. The normalized spacial score (nSPS) is 14.5. The number of hydrogen-bond donors (Lipinski definition) is 1. The van der Waals surface area contributed by atoms with Crippen LogP contribution in [0.5, 0.6) is 0 Å². The Morgan fingerprint density at radius 3 is 2.75 bits per heavy atom. The molecule has 1 aromatic rings. The van der Waals surface area contributed by atoms with Gasteiger partial charge < -0.3 is 9.87 Å². The summed E-state index contributed by atoms with van der Waals surface area (Å²) in [5.74, 6) is -0.0469. The maximum atomic E-state index is 13.3. The van der Waals surface area contributed by atoms with Crippen LogP contribution >= 0.6 is 0 Å². The van der Waals surface area contributed by atoms with Crippen molar-refractivity contribution in [3.8, 4) is 0 Å². The quantitative estimate of drug-likeness (QED) is 0.767. The average Bonchev–Trinajstić information content (AvgIpc) is 2.65. The third-order valence-corrected chi connectivity index (χ3v) is 2.35. The number of fused-ring (bicyclic) bond motifs is 1. The van der Waals surface area contributed by atoms with Crippen LogP contribution in [-0.4, -0.2) is 21.6 Å². The van der Waals surface area contributed by atoms with Gasteiger partial charge in [-0.3, -0.25) is 4.21 Å². The maximum absolute atomic E-state index is 13.3. The molecule has 2 rings (SSSR count). The van der Waals surface area contributed by atoms with Gasteiger partial charge >= 0.3 is 0 Å². The second kappa shape index (κ2) is 5.96. The zero-order chi connectivity index (χ0) is 12.1. The van der Waals surface area contributed by atoms with Crippen molar-refractivity contribution in [1.82, 2.24) is 0 Å². The van der Waals surface area contributed by atoms with Crippen LogP contribution in [0.2, 0.25) is 0 Å².